The average molecular weight is 420 g/mol. The van der Waals surface area contributed by atoms with Crippen LogP contribution in [0.15, 0.2) is 35.7 Å². The Morgan fingerprint density at radius 1 is 1.24 bits per heavy atom. The minimum absolute atomic E-state index is 0.0195. The Kier molecular flexibility index (Phi) is 6.89. The van der Waals surface area contributed by atoms with Gasteiger partial charge in [-0.2, -0.15) is 4.39 Å². The van der Waals surface area contributed by atoms with Crippen molar-refractivity contribution < 1.29 is 18.9 Å². The van der Waals surface area contributed by atoms with Crippen molar-refractivity contribution in [3.05, 3.63) is 56.5 Å². The Balaban J connectivity index is 1.40. The van der Waals surface area contributed by atoms with E-state index in [1.807, 2.05) is 0 Å². The summed E-state index contributed by atoms with van der Waals surface area (Å²) in [7, 11) is 0. The lowest BCUT2D eigenvalue weighted by molar-refractivity contribution is -0.387. The number of nitrogens with one attached hydrogen (secondary N) is 2. The summed E-state index contributed by atoms with van der Waals surface area (Å²) in [5, 5.41) is 17.6. The number of benzene rings is 1. The number of hydrogen-bond acceptors (Lipinski definition) is 6. The van der Waals surface area contributed by atoms with Gasteiger partial charge in [-0.1, -0.05) is 6.07 Å². The van der Waals surface area contributed by atoms with Crippen molar-refractivity contribution in [2.24, 2.45) is 0 Å². The second-order valence-electron chi connectivity index (χ2n) is 6.76. The number of nitro groups is 1. The molecule has 1 aliphatic rings. The van der Waals surface area contributed by atoms with E-state index in [1.54, 1.807) is 11.3 Å². The number of piperidine rings is 1. The topological polar surface area (TPSA) is 105 Å². The van der Waals surface area contributed by atoms with E-state index >= 15 is 0 Å². The molecule has 0 aliphatic carbocycles. The quantitative estimate of drug-likeness (QED) is 0.425. The van der Waals surface area contributed by atoms with E-state index in [-0.39, 0.29) is 5.69 Å². The van der Waals surface area contributed by atoms with Crippen LogP contribution in [0.25, 0.3) is 0 Å². The van der Waals surface area contributed by atoms with Crippen molar-refractivity contribution in [2.75, 3.05) is 31.5 Å². The predicted octanol–water partition coefficient (Wildman–Crippen LogP) is 2.73. The number of likely N-dealkylation sites (tertiary alicyclic amines) is 1. The number of thiophene rings is 1. The minimum atomic E-state index is -1.01. The molecule has 0 bridgehead atoms. The highest BCUT2D eigenvalue weighted by atomic mass is 32.1. The standard InChI is InChI=1S/C19H21FN4O4S/c20-15-4-3-14(12-16(15)24(27)28)22-19(26)18(25)21-7-10-23-8-5-13(6-9-23)17-2-1-11-29-17/h1-4,11-13H,5-10H2,(H,21,25)(H,22,26). The highest BCUT2D eigenvalue weighted by molar-refractivity contribution is 7.10. The van der Waals surface area contributed by atoms with Crippen LogP contribution in [0.2, 0.25) is 0 Å². The second-order valence-corrected chi connectivity index (χ2v) is 7.74. The number of amides is 2. The first-order valence-corrected chi connectivity index (χ1v) is 10.1. The van der Waals surface area contributed by atoms with Gasteiger partial charge in [0.15, 0.2) is 0 Å². The zero-order valence-corrected chi connectivity index (χ0v) is 16.4. The van der Waals surface area contributed by atoms with Gasteiger partial charge < -0.3 is 15.5 Å². The fraction of sp³-hybridized carbons (Fsp3) is 0.368. The molecule has 0 atom stereocenters. The highest BCUT2D eigenvalue weighted by Gasteiger charge is 2.22. The van der Waals surface area contributed by atoms with Crippen LogP contribution in [-0.4, -0.2) is 47.8 Å². The van der Waals surface area contributed by atoms with Gasteiger partial charge in [-0.25, -0.2) is 0 Å². The molecule has 10 heteroatoms. The Hall–Kier alpha value is -2.85. The zero-order valence-electron chi connectivity index (χ0n) is 15.6. The van der Waals surface area contributed by atoms with E-state index in [4.69, 9.17) is 0 Å². The van der Waals surface area contributed by atoms with Gasteiger partial charge in [-0.05, 0) is 55.4 Å². The number of hydrogen-bond donors (Lipinski definition) is 2. The lowest BCUT2D eigenvalue weighted by Gasteiger charge is -2.31. The molecule has 29 heavy (non-hydrogen) atoms. The maximum atomic E-state index is 13.3. The smallest absolute Gasteiger partial charge is 0.313 e. The SMILES string of the molecule is O=C(NCCN1CCC(c2cccs2)CC1)C(=O)Nc1ccc(F)c([N+](=O)[O-])c1. The van der Waals surface area contributed by atoms with Gasteiger partial charge >= 0.3 is 17.5 Å². The van der Waals surface area contributed by atoms with Gasteiger partial charge in [0.25, 0.3) is 0 Å². The molecule has 1 fully saturated rings. The van der Waals surface area contributed by atoms with E-state index in [9.17, 15) is 24.1 Å². The molecule has 1 aliphatic heterocycles. The number of nitrogens with zero attached hydrogens (tertiary/aromatic N) is 2. The largest absolute Gasteiger partial charge is 0.347 e. The van der Waals surface area contributed by atoms with Gasteiger partial charge in [-0.3, -0.25) is 19.7 Å². The van der Waals surface area contributed by atoms with E-state index in [0.717, 1.165) is 44.1 Å². The zero-order chi connectivity index (χ0) is 20.8. The monoisotopic (exact) mass is 420 g/mol. The van der Waals surface area contributed by atoms with Gasteiger partial charge in [0.2, 0.25) is 5.82 Å². The van der Waals surface area contributed by atoms with Crippen LogP contribution < -0.4 is 10.6 Å². The minimum Gasteiger partial charge on any atom is -0.347 e. The predicted molar refractivity (Wildman–Crippen MR) is 107 cm³/mol. The number of carbonyl (C=O) groups excluding carboxylic acids is 2. The molecule has 8 nitrogen and oxygen atoms in total. The van der Waals surface area contributed by atoms with Crippen molar-refractivity contribution >= 4 is 34.5 Å². The molecule has 3 rings (SSSR count). The first-order chi connectivity index (χ1) is 13.9. The maximum absolute atomic E-state index is 13.3. The molecule has 2 aromatic rings. The molecule has 0 unspecified atom stereocenters. The van der Waals surface area contributed by atoms with E-state index in [2.05, 4.69) is 33.0 Å². The molecule has 1 aromatic heterocycles. The summed E-state index contributed by atoms with van der Waals surface area (Å²) in [6.07, 6.45) is 2.14. The van der Waals surface area contributed by atoms with Gasteiger partial charge in [-0.15, -0.1) is 11.3 Å². The fourth-order valence-electron chi connectivity index (χ4n) is 3.29. The van der Waals surface area contributed by atoms with Gasteiger partial charge in [0.05, 0.1) is 4.92 Å². The molecule has 0 radical (unpaired) electrons. The third-order valence-electron chi connectivity index (χ3n) is 4.85. The second kappa shape index (κ2) is 9.57. The molecule has 2 amide bonds. The lowest BCUT2D eigenvalue weighted by Crippen LogP contribution is -2.42. The molecular formula is C19H21FN4O4S. The number of nitro benzene ring substituents is 1. The Bertz CT molecular complexity index is 882. The van der Waals surface area contributed by atoms with Crippen LogP contribution in [0.3, 0.4) is 0 Å². The summed E-state index contributed by atoms with van der Waals surface area (Å²) in [6, 6.07) is 7.13. The first kappa shape index (κ1) is 20.9. The normalized spacial score (nSPS) is 15.1. The number of anilines is 1. The molecule has 2 heterocycles. The molecule has 1 aromatic carbocycles. The number of carbonyl (C=O) groups is 2. The molecule has 0 spiro atoms. The Morgan fingerprint density at radius 3 is 2.66 bits per heavy atom. The van der Waals surface area contributed by atoms with Gasteiger partial charge in [0, 0.05) is 29.7 Å². The Labute approximate surface area is 170 Å². The Morgan fingerprint density at radius 2 is 2.00 bits per heavy atom. The van der Waals surface area contributed by atoms with Crippen molar-refractivity contribution in [1.82, 2.24) is 10.2 Å². The van der Waals surface area contributed by atoms with Crippen molar-refractivity contribution in [1.29, 1.82) is 0 Å². The number of halogens is 1. The van der Waals surface area contributed by atoms with E-state index < -0.39 is 28.2 Å². The maximum Gasteiger partial charge on any atom is 0.313 e. The van der Waals surface area contributed by atoms with Crippen molar-refractivity contribution in [3.63, 3.8) is 0 Å². The van der Waals surface area contributed by atoms with Crippen LogP contribution in [0.5, 0.6) is 0 Å². The van der Waals surface area contributed by atoms with E-state index in [1.165, 1.54) is 4.88 Å². The van der Waals surface area contributed by atoms with Crippen molar-refractivity contribution in [3.8, 4) is 0 Å². The fourth-order valence-corrected chi connectivity index (χ4v) is 4.19. The van der Waals surface area contributed by atoms with Crippen LogP contribution in [-0.2, 0) is 9.59 Å². The molecule has 2 N–H and O–H groups in total. The number of rotatable bonds is 6. The summed E-state index contributed by atoms with van der Waals surface area (Å²) in [5.41, 5.74) is -0.789. The lowest BCUT2D eigenvalue weighted by atomic mass is 9.95. The summed E-state index contributed by atoms with van der Waals surface area (Å²) in [6.45, 7) is 2.82. The third-order valence-corrected chi connectivity index (χ3v) is 5.89. The average Bonchev–Trinajstić information content (AvgIpc) is 3.24. The molecule has 1 saturated heterocycles. The summed E-state index contributed by atoms with van der Waals surface area (Å²) < 4.78 is 13.3. The van der Waals surface area contributed by atoms with Gasteiger partial charge in [0.1, 0.15) is 0 Å². The van der Waals surface area contributed by atoms with Crippen LogP contribution in [0, 0.1) is 15.9 Å². The molecular weight excluding hydrogens is 399 g/mol. The van der Waals surface area contributed by atoms with Crippen LogP contribution >= 0.6 is 11.3 Å². The van der Waals surface area contributed by atoms with Crippen LogP contribution in [0.4, 0.5) is 15.8 Å². The summed E-state index contributed by atoms with van der Waals surface area (Å²) in [5.74, 6) is -2.22. The van der Waals surface area contributed by atoms with E-state index in [0.29, 0.717) is 19.0 Å². The first-order valence-electron chi connectivity index (χ1n) is 9.23. The van der Waals surface area contributed by atoms with Crippen molar-refractivity contribution in [2.45, 2.75) is 18.8 Å². The molecule has 154 valence electrons. The van der Waals surface area contributed by atoms with Crippen LogP contribution in [0.1, 0.15) is 23.6 Å². The summed E-state index contributed by atoms with van der Waals surface area (Å²) >= 11 is 1.78. The summed E-state index contributed by atoms with van der Waals surface area (Å²) in [4.78, 5) is 37.4. The highest BCUT2D eigenvalue weighted by Crippen LogP contribution is 2.30. The molecule has 0 saturated carbocycles. The third kappa shape index (κ3) is 5.58.